The molecule has 0 aromatic heterocycles. The van der Waals surface area contributed by atoms with Gasteiger partial charge in [-0.15, -0.1) is 5.73 Å². The van der Waals surface area contributed by atoms with Gasteiger partial charge in [0.15, 0.2) is 0 Å². The third-order valence-electron chi connectivity index (χ3n) is 3.03. The summed E-state index contributed by atoms with van der Waals surface area (Å²) < 4.78 is 36.5. The molecule has 2 aromatic rings. The summed E-state index contributed by atoms with van der Waals surface area (Å²) >= 11 is 0. The van der Waals surface area contributed by atoms with Crippen LogP contribution in [0.1, 0.15) is 5.56 Å². The minimum atomic E-state index is -3.61. The van der Waals surface area contributed by atoms with Crippen LogP contribution in [-0.4, -0.2) is 22.6 Å². The van der Waals surface area contributed by atoms with Crippen LogP contribution in [0.2, 0.25) is 0 Å². The average molecular weight is 331 g/mol. The minimum absolute atomic E-state index is 0.154. The van der Waals surface area contributed by atoms with E-state index in [-0.39, 0.29) is 4.90 Å². The Morgan fingerprint density at radius 3 is 1.96 bits per heavy atom. The predicted molar refractivity (Wildman–Crippen MR) is 88.9 cm³/mol. The van der Waals surface area contributed by atoms with E-state index in [1.165, 1.54) is 25.4 Å². The molecular weight excluding hydrogens is 314 g/mol. The van der Waals surface area contributed by atoms with Crippen molar-refractivity contribution in [2.75, 3.05) is 14.2 Å². The number of methoxy groups -OCH3 is 2. The second-order valence-electron chi connectivity index (χ2n) is 4.53. The van der Waals surface area contributed by atoms with Crippen molar-refractivity contribution in [2.45, 2.75) is 4.90 Å². The summed E-state index contributed by atoms with van der Waals surface area (Å²) in [4.78, 5) is 0.154. The van der Waals surface area contributed by atoms with Crippen molar-refractivity contribution in [3.05, 3.63) is 66.0 Å². The summed E-state index contributed by atoms with van der Waals surface area (Å²) in [7, 11) is -0.496. The van der Waals surface area contributed by atoms with Crippen LogP contribution >= 0.6 is 0 Å². The molecule has 0 radical (unpaired) electrons. The molecule has 120 valence electrons. The van der Waals surface area contributed by atoms with Crippen molar-refractivity contribution in [1.29, 1.82) is 0 Å². The predicted octanol–water partition coefficient (Wildman–Crippen LogP) is 2.81. The highest BCUT2D eigenvalue weighted by molar-refractivity contribution is 7.89. The van der Waals surface area contributed by atoms with Gasteiger partial charge in [0, 0.05) is 0 Å². The van der Waals surface area contributed by atoms with Gasteiger partial charge in [0.1, 0.15) is 11.5 Å². The van der Waals surface area contributed by atoms with Crippen molar-refractivity contribution >= 4 is 16.1 Å². The summed E-state index contributed by atoms with van der Waals surface area (Å²) in [5.41, 5.74) is 3.66. The molecule has 0 saturated heterocycles. The van der Waals surface area contributed by atoms with Gasteiger partial charge < -0.3 is 9.47 Å². The molecule has 0 aliphatic rings. The molecule has 23 heavy (non-hydrogen) atoms. The van der Waals surface area contributed by atoms with E-state index in [0.717, 1.165) is 11.3 Å². The maximum atomic E-state index is 12.1. The van der Waals surface area contributed by atoms with Gasteiger partial charge in [0.05, 0.1) is 25.3 Å². The summed E-state index contributed by atoms with van der Waals surface area (Å²) in [6.45, 7) is 0. The van der Waals surface area contributed by atoms with Gasteiger partial charge in [0.2, 0.25) is 0 Å². The maximum Gasteiger partial charge on any atom is 0.261 e. The van der Waals surface area contributed by atoms with Crippen LogP contribution in [0.5, 0.6) is 11.5 Å². The first kappa shape index (κ1) is 16.7. The molecule has 0 aliphatic carbocycles. The van der Waals surface area contributed by atoms with Crippen LogP contribution in [0.4, 0.5) is 0 Å². The molecular formula is C17H17NO4S. The number of sulfonamides is 1. The smallest absolute Gasteiger partial charge is 0.261 e. The molecule has 1 N–H and O–H groups in total. The molecule has 0 unspecified atom stereocenters. The Balaban J connectivity index is 2.06. The molecule has 0 saturated carbocycles. The Morgan fingerprint density at radius 1 is 0.913 bits per heavy atom. The van der Waals surface area contributed by atoms with Crippen molar-refractivity contribution in [3.63, 3.8) is 0 Å². The highest BCUT2D eigenvalue weighted by atomic mass is 32.2. The Bertz CT molecular complexity index is 803. The highest BCUT2D eigenvalue weighted by Crippen LogP contribution is 2.15. The summed E-state index contributed by atoms with van der Waals surface area (Å²) in [5.74, 6) is 1.35. The Hall–Kier alpha value is -2.69. The Labute approximate surface area is 135 Å². The van der Waals surface area contributed by atoms with Gasteiger partial charge >= 0.3 is 0 Å². The number of hydrogen-bond acceptors (Lipinski definition) is 4. The van der Waals surface area contributed by atoms with Gasteiger partial charge in [0.25, 0.3) is 10.0 Å². The van der Waals surface area contributed by atoms with Crippen LogP contribution in [0, 0.1) is 0 Å². The number of ether oxygens (including phenoxy) is 2. The molecule has 0 heterocycles. The van der Waals surface area contributed by atoms with Gasteiger partial charge in [-0.2, -0.15) is 0 Å². The molecule has 0 fully saturated rings. The number of nitrogens with one attached hydrogen (secondary N) is 1. The number of benzene rings is 2. The largest absolute Gasteiger partial charge is 0.497 e. The van der Waals surface area contributed by atoms with Crippen LogP contribution < -0.4 is 14.2 Å². The third-order valence-corrected chi connectivity index (χ3v) is 4.35. The quantitative estimate of drug-likeness (QED) is 0.827. The monoisotopic (exact) mass is 331 g/mol. The third kappa shape index (κ3) is 4.64. The van der Waals surface area contributed by atoms with Gasteiger partial charge in [-0.3, -0.25) is 4.72 Å². The fourth-order valence-corrected chi connectivity index (χ4v) is 2.63. The average Bonchev–Trinajstić information content (AvgIpc) is 2.59. The Morgan fingerprint density at radius 2 is 1.43 bits per heavy atom. The van der Waals surface area contributed by atoms with Gasteiger partial charge in [-0.05, 0) is 48.0 Å². The molecule has 0 atom stereocenters. The molecule has 5 nitrogen and oxygen atoms in total. The normalized spacial score (nSPS) is 10.3. The van der Waals surface area contributed by atoms with E-state index in [2.05, 4.69) is 10.5 Å². The first-order valence-electron chi connectivity index (χ1n) is 6.76. The summed E-state index contributed by atoms with van der Waals surface area (Å²) in [5, 5.41) is 0. The van der Waals surface area contributed by atoms with Crippen molar-refractivity contribution in [2.24, 2.45) is 0 Å². The standard InChI is InChI=1S/C17H17NO4S/c1-21-15-7-5-14(6-8-15)4-3-13-18-23(19,20)17-11-9-16(22-2)10-12-17/h4-13,18H,1-2H3. The molecule has 0 amide bonds. The van der Waals surface area contributed by atoms with Crippen molar-refractivity contribution in [3.8, 4) is 11.5 Å². The Kier molecular flexibility index (Phi) is 5.46. The van der Waals surface area contributed by atoms with Crippen LogP contribution in [-0.2, 0) is 10.0 Å². The van der Waals surface area contributed by atoms with E-state index < -0.39 is 10.0 Å². The number of hydrogen-bond donors (Lipinski definition) is 1. The zero-order valence-corrected chi connectivity index (χ0v) is 13.6. The first-order valence-corrected chi connectivity index (χ1v) is 8.25. The summed E-state index contributed by atoms with van der Waals surface area (Å²) in [6.07, 6.45) is 2.92. The van der Waals surface area contributed by atoms with Crippen LogP contribution in [0.25, 0.3) is 6.08 Å². The lowest BCUT2D eigenvalue weighted by Gasteiger charge is -2.04. The van der Waals surface area contributed by atoms with Gasteiger partial charge in [-0.25, -0.2) is 8.42 Å². The lowest BCUT2D eigenvalue weighted by molar-refractivity contribution is 0.414. The van der Waals surface area contributed by atoms with E-state index in [1.807, 2.05) is 24.3 Å². The highest BCUT2D eigenvalue weighted by Gasteiger charge is 2.11. The van der Waals surface area contributed by atoms with E-state index in [9.17, 15) is 8.42 Å². The van der Waals surface area contributed by atoms with Crippen molar-refractivity contribution < 1.29 is 17.9 Å². The summed E-state index contributed by atoms with van der Waals surface area (Å²) in [6, 6.07) is 13.4. The molecule has 0 aliphatic heterocycles. The fraction of sp³-hybridized carbons (Fsp3) is 0.118. The molecule has 2 rings (SSSR count). The van der Waals surface area contributed by atoms with Crippen molar-refractivity contribution in [1.82, 2.24) is 4.72 Å². The molecule has 2 aromatic carbocycles. The molecule has 0 bridgehead atoms. The lowest BCUT2D eigenvalue weighted by Crippen LogP contribution is -2.17. The van der Waals surface area contributed by atoms with Crippen LogP contribution in [0.3, 0.4) is 0 Å². The van der Waals surface area contributed by atoms with E-state index in [4.69, 9.17) is 9.47 Å². The van der Waals surface area contributed by atoms with Gasteiger partial charge in [-0.1, -0.05) is 12.1 Å². The van der Waals surface area contributed by atoms with E-state index >= 15 is 0 Å². The maximum absolute atomic E-state index is 12.1. The second kappa shape index (κ2) is 7.54. The topological polar surface area (TPSA) is 64.6 Å². The van der Waals surface area contributed by atoms with E-state index in [1.54, 1.807) is 25.3 Å². The zero-order valence-electron chi connectivity index (χ0n) is 12.8. The van der Waals surface area contributed by atoms with E-state index in [0.29, 0.717) is 5.75 Å². The lowest BCUT2D eigenvalue weighted by atomic mass is 10.2. The second-order valence-corrected chi connectivity index (χ2v) is 6.24. The SMILES string of the molecule is COc1ccc(C=C=CNS(=O)(=O)c2ccc(OC)cc2)cc1. The number of rotatable bonds is 6. The first-order chi connectivity index (χ1) is 11.0. The fourth-order valence-electron chi connectivity index (χ4n) is 1.77. The molecule has 6 heteroatoms. The molecule has 0 spiro atoms. The van der Waals surface area contributed by atoms with Crippen LogP contribution in [0.15, 0.2) is 65.4 Å². The zero-order chi connectivity index (χ0) is 16.7. The minimum Gasteiger partial charge on any atom is -0.497 e.